The molecule has 1 aliphatic rings. The fourth-order valence-corrected chi connectivity index (χ4v) is 1.83. The van der Waals surface area contributed by atoms with Crippen LogP contribution in [0.5, 0.6) is 0 Å². The Kier molecular flexibility index (Phi) is 4.27. The van der Waals surface area contributed by atoms with Crippen LogP contribution in [-0.2, 0) is 9.59 Å². The Morgan fingerprint density at radius 1 is 1.27 bits per heavy atom. The maximum Gasteiger partial charge on any atom is 0.236 e. The maximum absolute atomic E-state index is 11.4. The topological polar surface area (TPSA) is 40.6 Å². The van der Waals surface area contributed by atoms with E-state index in [4.69, 9.17) is 0 Å². The third-order valence-electron chi connectivity index (χ3n) is 3.02. The molecule has 1 aliphatic heterocycles. The quantitative estimate of drug-likeness (QED) is 0.679. The van der Waals surface area contributed by atoms with Gasteiger partial charge in [-0.1, -0.05) is 0 Å². The van der Waals surface area contributed by atoms with Gasteiger partial charge in [0.2, 0.25) is 5.91 Å². The van der Waals surface area contributed by atoms with E-state index >= 15 is 0 Å². The van der Waals surface area contributed by atoms with E-state index in [0.29, 0.717) is 6.54 Å². The minimum Gasteiger partial charge on any atom is -0.348 e. The molecule has 0 spiro atoms. The Labute approximate surface area is 91.2 Å². The molecule has 4 heteroatoms. The normalized spacial score (nSPS) is 18.9. The van der Waals surface area contributed by atoms with E-state index in [1.54, 1.807) is 25.9 Å². The summed E-state index contributed by atoms with van der Waals surface area (Å²) in [6.45, 7) is 3.87. The van der Waals surface area contributed by atoms with Gasteiger partial charge in [-0.25, -0.2) is 0 Å². The standard InChI is InChI=1S/C11H20N2O2/c1-9(14)10-4-6-13(7-5-10)8-11(15)12(2)3/h10H,4-8H2,1-3H3. The third-order valence-corrected chi connectivity index (χ3v) is 3.02. The van der Waals surface area contributed by atoms with Crippen LogP contribution < -0.4 is 0 Å². The van der Waals surface area contributed by atoms with Crippen LogP contribution >= 0.6 is 0 Å². The molecule has 0 radical (unpaired) electrons. The van der Waals surface area contributed by atoms with Crippen molar-refractivity contribution >= 4 is 11.7 Å². The van der Waals surface area contributed by atoms with Gasteiger partial charge < -0.3 is 4.90 Å². The van der Waals surface area contributed by atoms with E-state index in [9.17, 15) is 9.59 Å². The summed E-state index contributed by atoms with van der Waals surface area (Å²) in [7, 11) is 3.54. The lowest BCUT2D eigenvalue weighted by Gasteiger charge is -2.30. The number of nitrogens with zero attached hydrogens (tertiary/aromatic N) is 2. The minimum atomic E-state index is 0.135. The van der Waals surface area contributed by atoms with Crippen molar-refractivity contribution in [3.05, 3.63) is 0 Å². The highest BCUT2D eigenvalue weighted by Gasteiger charge is 2.23. The molecule has 1 saturated heterocycles. The SMILES string of the molecule is CC(=O)C1CCN(CC(=O)N(C)C)CC1. The van der Waals surface area contributed by atoms with E-state index < -0.39 is 0 Å². The van der Waals surface area contributed by atoms with Crippen LogP contribution in [0.4, 0.5) is 0 Å². The van der Waals surface area contributed by atoms with Crippen molar-refractivity contribution in [2.24, 2.45) is 5.92 Å². The molecule has 0 aliphatic carbocycles. The number of piperidine rings is 1. The second-order valence-electron chi connectivity index (χ2n) is 4.45. The Hall–Kier alpha value is -0.900. The molecule has 1 heterocycles. The minimum absolute atomic E-state index is 0.135. The molecule has 0 aromatic heterocycles. The lowest BCUT2D eigenvalue weighted by molar-refractivity contribution is -0.130. The zero-order chi connectivity index (χ0) is 11.4. The van der Waals surface area contributed by atoms with Gasteiger partial charge in [0.05, 0.1) is 6.54 Å². The summed E-state index contributed by atoms with van der Waals surface area (Å²) in [6.07, 6.45) is 1.80. The number of carbonyl (C=O) groups is 2. The van der Waals surface area contributed by atoms with Crippen LogP contribution in [0.2, 0.25) is 0 Å². The third kappa shape index (κ3) is 3.63. The van der Waals surface area contributed by atoms with Gasteiger partial charge in [-0.2, -0.15) is 0 Å². The Morgan fingerprint density at radius 2 is 1.80 bits per heavy atom. The number of likely N-dealkylation sites (tertiary alicyclic amines) is 1. The Bertz CT molecular complexity index is 243. The molecule has 0 saturated carbocycles. The molecule has 1 rings (SSSR count). The van der Waals surface area contributed by atoms with Crippen LogP contribution in [0.25, 0.3) is 0 Å². The molecule has 0 bridgehead atoms. The van der Waals surface area contributed by atoms with Gasteiger partial charge in [0.25, 0.3) is 0 Å². The van der Waals surface area contributed by atoms with Gasteiger partial charge in [0.1, 0.15) is 5.78 Å². The summed E-state index contributed by atoms with van der Waals surface area (Å²) in [5.74, 6) is 0.639. The molecule has 4 nitrogen and oxygen atoms in total. The molecular formula is C11H20N2O2. The van der Waals surface area contributed by atoms with Gasteiger partial charge >= 0.3 is 0 Å². The van der Waals surface area contributed by atoms with Crippen LogP contribution in [-0.4, -0.2) is 55.2 Å². The van der Waals surface area contributed by atoms with Crippen molar-refractivity contribution in [1.29, 1.82) is 0 Å². The second kappa shape index (κ2) is 5.26. The summed E-state index contributed by atoms with van der Waals surface area (Å²) in [6, 6.07) is 0. The highest BCUT2D eigenvalue weighted by Crippen LogP contribution is 2.17. The van der Waals surface area contributed by atoms with Gasteiger partial charge in [-0.05, 0) is 32.9 Å². The van der Waals surface area contributed by atoms with Crippen molar-refractivity contribution in [2.75, 3.05) is 33.7 Å². The number of ketones is 1. The van der Waals surface area contributed by atoms with Crippen LogP contribution in [0, 0.1) is 5.92 Å². The lowest BCUT2D eigenvalue weighted by atomic mass is 9.93. The zero-order valence-corrected chi connectivity index (χ0v) is 9.82. The molecule has 15 heavy (non-hydrogen) atoms. The van der Waals surface area contributed by atoms with Gasteiger partial charge in [0, 0.05) is 20.0 Å². The number of rotatable bonds is 3. The number of hydrogen-bond donors (Lipinski definition) is 0. The predicted molar refractivity (Wildman–Crippen MR) is 58.5 cm³/mol. The van der Waals surface area contributed by atoms with E-state index in [-0.39, 0.29) is 17.6 Å². The van der Waals surface area contributed by atoms with Crippen LogP contribution in [0.1, 0.15) is 19.8 Å². The smallest absolute Gasteiger partial charge is 0.236 e. The molecular weight excluding hydrogens is 192 g/mol. The number of carbonyl (C=O) groups excluding carboxylic acids is 2. The van der Waals surface area contributed by atoms with Gasteiger partial charge in [-0.3, -0.25) is 14.5 Å². The number of Topliss-reactive ketones (excluding diaryl/α,β-unsaturated/α-hetero) is 1. The highest BCUT2D eigenvalue weighted by atomic mass is 16.2. The average Bonchev–Trinajstić information content (AvgIpc) is 2.18. The fraction of sp³-hybridized carbons (Fsp3) is 0.818. The van der Waals surface area contributed by atoms with Crippen molar-refractivity contribution < 1.29 is 9.59 Å². The number of likely N-dealkylation sites (N-methyl/N-ethyl adjacent to an activating group) is 1. The molecule has 0 unspecified atom stereocenters. The summed E-state index contributed by atoms with van der Waals surface area (Å²) in [4.78, 5) is 26.3. The van der Waals surface area contributed by atoms with Crippen molar-refractivity contribution in [3.63, 3.8) is 0 Å². The van der Waals surface area contributed by atoms with Crippen LogP contribution in [0.15, 0.2) is 0 Å². The molecule has 1 amide bonds. The number of amides is 1. The second-order valence-corrected chi connectivity index (χ2v) is 4.45. The molecule has 0 atom stereocenters. The first-order valence-electron chi connectivity index (χ1n) is 5.43. The monoisotopic (exact) mass is 212 g/mol. The van der Waals surface area contributed by atoms with Crippen LogP contribution in [0.3, 0.4) is 0 Å². The van der Waals surface area contributed by atoms with Gasteiger partial charge in [0.15, 0.2) is 0 Å². The lowest BCUT2D eigenvalue weighted by Crippen LogP contribution is -2.42. The molecule has 86 valence electrons. The Morgan fingerprint density at radius 3 is 2.20 bits per heavy atom. The van der Waals surface area contributed by atoms with Crippen molar-refractivity contribution in [1.82, 2.24) is 9.80 Å². The molecule has 0 aromatic rings. The highest BCUT2D eigenvalue weighted by molar-refractivity contribution is 5.79. The average molecular weight is 212 g/mol. The number of hydrogen-bond acceptors (Lipinski definition) is 3. The van der Waals surface area contributed by atoms with Crippen molar-refractivity contribution in [3.8, 4) is 0 Å². The molecule has 0 N–H and O–H groups in total. The van der Waals surface area contributed by atoms with E-state index in [0.717, 1.165) is 25.9 Å². The summed E-state index contributed by atoms with van der Waals surface area (Å²) in [5.41, 5.74) is 0. The first-order chi connectivity index (χ1) is 7.00. The van der Waals surface area contributed by atoms with E-state index in [2.05, 4.69) is 4.90 Å². The maximum atomic E-state index is 11.4. The van der Waals surface area contributed by atoms with Crippen molar-refractivity contribution in [2.45, 2.75) is 19.8 Å². The van der Waals surface area contributed by atoms with E-state index in [1.165, 1.54) is 0 Å². The summed E-state index contributed by atoms with van der Waals surface area (Å²) in [5, 5.41) is 0. The fourth-order valence-electron chi connectivity index (χ4n) is 1.83. The summed E-state index contributed by atoms with van der Waals surface area (Å²) >= 11 is 0. The largest absolute Gasteiger partial charge is 0.348 e. The first-order valence-corrected chi connectivity index (χ1v) is 5.43. The van der Waals surface area contributed by atoms with Gasteiger partial charge in [-0.15, -0.1) is 0 Å². The Balaban J connectivity index is 2.32. The predicted octanol–water partition coefficient (Wildman–Crippen LogP) is 0.376. The first kappa shape index (κ1) is 12.2. The zero-order valence-electron chi connectivity index (χ0n) is 9.82. The molecule has 1 fully saturated rings. The molecule has 0 aromatic carbocycles. The summed E-state index contributed by atoms with van der Waals surface area (Å²) < 4.78 is 0. The van der Waals surface area contributed by atoms with E-state index in [1.807, 2.05) is 0 Å².